The zero-order chi connectivity index (χ0) is 21.3. The molecule has 1 atom stereocenters. The molecule has 1 aliphatic heterocycles. The second-order valence-corrected chi connectivity index (χ2v) is 7.93. The molecule has 1 fully saturated rings. The van der Waals surface area contributed by atoms with Crippen LogP contribution in [0.25, 0.3) is 17.1 Å². The molecule has 1 aromatic carbocycles. The molecule has 1 aliphatic rings. The molecular formula is C23H27N5O2. The summed E-state index contributed by atoms with van der Waals surface area (Å²) < 4.78 is 3.65. The first-order valence-electron chi connectivity index (χ1n) is 10.3. The lowest BCUT2D eigenvalue weighted by atomic mass is 10.1. The number of carbonyl (C=O) groups is 2. The molecule has 0 aliphatic carbocycles. The van der Waals surface area contributed by atoms with E-state index in [0.717, 1.165) is 35.3 Å². The predicted octanol–water partition coefficient (Wildman–Crippen LogP) is 2.89. The molecule has 156 valence electrons. The number of nitrogens with zero attached hydrogens (tertiary/aromatic N) is 3. The second kappa shape index (κ2) is 8.18. The third-order valence-corrected chi connectivity index (χ3v) is 5.57. The van der Waals surface area contributed by atoms with E-state index in [2.05, 4.69) is 16.7 Å². The van der Waals surface area contributed by atoms with Crippen LogP contribution in [0.2, 0.25) is 0 Å². The van der Waals surface area contributed by atoms with E-state index in [4.69, 9.17) is 5.10 Å². The fourth-order valence-electron chi connectivity index (χ4n) is 3.93. The zero-order valence-corrected chi connectivity index (χ0v) is 17.6. The topological polar surface area (TPSA) is 81.0 Å². The Morgan fingerprint density at radius 1 is 1.20 bits per heavy atom. The van der Waals surface area contributed by atoms with Crippen LogP contribution in [-0.4, -0.2) is 38.7 Å². The first kappa shape index (κ1) is 19.9. The highest BCUT2D eigenvalue weighted by molar-refractivity contribution is 5.97. The second-order valence-electron chi connectivity index (χ2n) is 7.93. The summed E-state index contributed by atoms with van der Waals surface area (Å²) >= 11 is 0. The van der Waals surface area contributed by atoms with Crippen molar-refractivity contribution in [3.05, 3.63) is 59.4 Å². The lowest BCUT2D eigenvalue weighted by molar-refractivity contribution is -0.122. The van der Waals surface area contributed by atoms with E-state index >= 15 is 0 Å². The van der Waals surface area contributed by atoms with Crippen LogP contribution in [0.5, 0.6) is 0 Å². The SMILES string of the molecule is Cc1ccc(-n2nc(-c3cccn3C)cc2C(=O)NC2CCCCNC2=O)c(C)c1. The van der Waals surface area contributed by atoms with Gasteiger partial charge in [-0.3, -0.25) is 9.59 Å². The zero-order valence-electron chi connectivity index (χ0n) is 17.6. The lowest BCUT2D eigenvalue weighted by Crippen LogP contribution is -2.45. The van der Waals surface area contributed by atoms with E-state index in [1.165, 1.54) is 0 Å². The summed E-state index contributed by atoms with van der Waals surface area (Å²) in [6.45, 7) is 4.70. The molecule has 2 amide bonds. The number of aryl methyl sites for hydroxylation is 3. The van der Waals surface area contributed by atoms with Crippen molar-refractivity contribution in [2.75, 3.05) is 6.54 Å². The molecule has 1 saturated heterocycles. The van der Waals surface area contributed by atoms with Crippen LogP contribution >= 0.6 is 0 Å². The van der Waals surface area contributed by atoms with E-state index in [1.54, 1.807) is 10.7 Å². The molecule has 30 heavy (non-hydrogen) atoms. The summed E-state index contributed by atoms with van der Waals surface area (Å²) in [5.41, 5.74) is 5.05. The Bertz CT molecular complexity index is 1090. The normalized spacial score (nSPS) is 16.8. The number of amides is 2. The fraction of sp³-hybridized carbons (Fsp3) is 0.348. The molecule has 2 aromatic heterocycles. The van der Waals surface area contributed by atoms with Crippen LogP contribution in [0.15, 0.2) is 42.6 Å². The number of nitrogens with one attached hydrogen (secondary N) is 2. The molecule has 0 spiro atoms. The molecule has 2 N–H and O–H groups in total. The largest absolute Gasteiger partial charge is 0.354 e. The molecule has 3 heterocycles. The van der Waals surface area contributed by atoms with Crippen molar-refractivity contribution in [1.29, 1.82) is 0 Å². The molecule has 7 heteroatoms. The van der Waals surface area contributed by atoms with Crippen molar-refractivity contribution in [2.24, 2.45) is 7.05 Å². The molecule has 1 unspecified atom stereocenters. The molecule has 4 rings (SSSR count). The van der Waals surface area contributed by atoms with Gasteiger partial charge in [0, 0.05) is 19.8 Å². The van der Waals surface area contributed by atoms with Gasteiger partial charge >= 0.3 is 0 Å². The van der Waals surface area contributed by atoms with Gasteiger partial charge in [-0.05, 0) is 62.9 Å². The van der Waals surface area contributed by atoms with Crippen molar-refractivity contribution in [1.82, 2.24) is 25.0 Å². The van der Waals surface area contributed by atoms with Crippen LogP contribution in [-0.2, 0) is 11.8 Å². The Hall–Kier alpha value is -3.35. The number of hydrogen-bond acceptors (Lipinski definition) is 3. The Balaban J connectivity index is 1.75. The van der Waals surface area contributed by atoms with Crippen LogP contribution in [0.4, 0.5) is 0 Å². The number of benzene rings is 1. The monoisotopic (exact) mass is 405 g/mol. The minimum atomic E-state index is -0.527. The minimum Gasteiger partial charge on any atom is -0.354 e. The van der Waals surface area contributed by atoms with Gasteiger partial charge in [0.15, 0.2) is 0 Å². The van der Waals surface area contributed by atoms with E-state index in [-0.39, 0.29) is 11.8 Å². The maximum Gasteiger partial charge on any atom is 0.270 e. The van der Waals surface area contributed by atoms with Gasteiger partial charge in [0.05, 0.1) is 11.4 Å². The average Bonchev–Trinajstić information content (AvgIpc) is 3.27. The van der Waals surface area contributed by atoms with Crippen LogP contribution in [0, 0.1) is 13.8 Å². The van der Waals surface area contributed by atoms with E-state index in [9.17, 15) is 9.59 Å². The van der Waals surface area contributed by atoms with Gasteiger partial charge in [0.25, 0.3) is 5.91 Å². The summed E-state index contributed by atoms with van der Waals surface area (Å²) in [7, 11) is 1.95. The Morgan fingerprint density at radius 3 is 2.77 bits per heavy atom. The number of rotatable bonds is 4. The number of aromatic nitrogens is 3. The first-order valence-corrected chi connectivity index (χ1v) is 10.3. The van der Waals surface area contributed by atoms with Crippen molar-refractivity contribution in [2.45, 2.75) is 39.2 Å². The van der Waals surface area contributed by atoms with Gasteiger partial charge in [0.2, 0.25) is 5.91 Å². The van der Waals surface area contributed by atoms with Gasteiger partial charge in [-0.15, -0.1) is 0 Å². The maximum atomic E-state index is 13.3. The smallest absolute Gasteiger partial charge is 0.270 e. The minimum absolute atomic E-state index is 0.124. The number of carbonyl (C=O) groups excluding carboxylic acids is 2. The van der Waals surface area contributed by atoms with E-state index < -0.39 is 6.04 Å². The Labute approximate surface area is 176 Å². The summed E-state index contributed by atoms with van der Waals surface area (Å²) in [6, 6.07) is 11.2. The number of hydrogen-bond donors (Lipinski definition) is 2. The van der Waals surface area contributed by atoms with Gasteiger partial charge in [-0.25, -0.2) is 4.68 Å². The molecule has 7 nitrogen and oxygen atoms in total. The Kier molecular flexibility index (Phi) is 5.44. The quantitative estimate of drug-likeness (QED) is 0.700. The Morgan fingerprint density at radius 2 is 2.03 bits per heavy atom. The van der Waals surface area contributed by atoms with Gasteiger partial charge < -0.3 is 15.2 Å². The fourth-order valence-corrected chi connectivity index (χ4v) is 3.93. The standard InChI is InChI=1S/C23H27N5O2/c1-15-9-10-19(16(2)13-15)28-21(14-18(26-28)20-8-6-12-27(20)3)23(30)25-17-7-4-5-11-24-22(17)29/h6,8-10,12-14,17H,4-5,7,11H2,1-3H3,(H,24,29)(H,25,30). The first-order chi connectivity index (χ1) is 14.4. The van der Waals surface area contributed by atoms with Crippen molar-refractivity contribution in [3.63, 3.8) is 0 Å². The van der Waals surface area contributed by atoms with Gasteiger partial charge in [0.1, 0.15) is 17.4 Å². The highest BCUT2D eigenvalue weighted by atomic mass is 16.2. The highest BCUT2D eigenvalue weighted by Crippen LogP contribution is 2.24. The van der Waals surface area contributed by atoms with Gasteiger partial charge in [-0.1, -0.05) is 17.7 Å². The third kappa shape index (κ3) is 3.87. The van der Waals surface area contributed by atoms with E-state index in [1.807, 2.05) is 55.9 Å². The molecule has 3 aromatic rings. The van der Waals surface area contributed by atoms with Crippen LogP contribution < -0.4 is 10.6 Å². The molecular weight excluding hydrogens is 378 g/mol. The predicted molar refractivity (Wildman–Crippen MR) is 116 cm³/mol. The summed E-state index contributed by atoms with van der Waals surface area (Å²) in [4.78, 5) is 25.6. The van der Waals surface area contributed by atoms with E-state index in [0.29, 0.717) is 24.4 Å². The molecule has 0 bridgehead atoms. The lowest BCUT2D eigenvalue weighted by Gasteiger charge is -2.16. The summed E-state index contributed by atoms with van der Waals surface area (Å²) in [6.07, 6.45) is 4.41. The summed E-state index contributed by atoms with van der Waals surface area (Å²) in [5, 5.41) is 10.5. The third-order valence-electron chi connectivity index (χ3n) is 5.57. The van der Waals surface area contributed by atoms with Gasteiger partial charge in [-0.2, -0.15) is 5.10 Å². The van der Waals surface area contributed by atoms with Crippen LogP contribution in [0.1, 0.15) is 40.9 Å². The van der Waals surface area contributed by atoms with Crippen LogP contribution in [0.3, 0.4) is 0 Å². The van der Waals surface area contributed by atoms with Crippen molar-refractivity contribution < 1.29 is 9.59 Å². The average molecular weight is 406 g/mol. The summed E-state index contributed by atoms with van der Waals surface area (Å²) in [5.74, 6) is -0.425. The molecule has 0 saturated carbocycles. The molecule has 0 radical (unpaired) electrons. The maximum absolute atomic E-state index is 13.3. The highest BCUT2D eigenvalue weighted by Gasteiger charge is 2.26. The van der Waals surface area contributed by atoms with Crippen molar-refractivity contribution >= 4 is 11.8 Å². The van der Waals surface area contributed by atoms with Crippen molar-refractivity contribution in [3.8, 4) is 17.1 Å².